The van der Waals surface area contributed by atoms with Gasteiger partial charge in [-0.1, -0.05) is 24.3 Å². The third-order valence-electron chi connectivity index (χ3n) is 2.39. The maximum atomic E-state index is 4.93. The fraction of sp³-hybridized carbons (Fsp3) is 0.273. The molecule has 0 bridgehead atoms. The fourth-order valence-electron chi connectivity index (χ4n) is 1.54. The number of hydrogen-bond acceptors (Lipinski definition) is 0. The average Bonchev–Trinajstić information content (AvgIpc) is 2.54. The third-order valence-corrected chi connectivity index (χ3v) is 2.39. The van der Waals surface area contributed by atoms with Crippen molar-refractivity contribution in [2.24, 2.45) is 0 Å². The van der Waals surface area contributed by atoms with Gasteiger partial charge in [0.2, 0.25) is 0 Å². The first-order chi connectivity index (χ1) is 6.69. The fourth-order valence-corrected chi connectivity index (χ4v) is 1.54. The van der Waals surface area contributed by atoms with E-state index in [-0.39, 0.29) is 0 Å². The molecule has 0 spiro atoms. The molecule has 14 heavy (non-hydrogen) atoms. The summed E-state index contributed by atoms with van der Waals surface area (Å²) in [6, 6.07) is 4.57. The Morgan fingerprint density at radius 1 is 1.14 bits per heavy atom. The quantitative estimate of drug-likeness (QED) is 0.672. The summed E-state index contributed by atoms with van der Waals surface area (Å²) in [5.41, 5.74) is 5.70. The molecule has 0 nitrogen and oxygen atoms in total. The molecule has 1 aliphatic rings. The molecule has 0 amide bonds. The summed E-state index contributed by atoms with van der Waals surface area (Å²) in [6.45, 7) is 4.34. The van der Waals surface area contributed by atoms with Crippen molar-refractivity contribution in [1.82, 2.24) is 0 Å². The van der Waals surface area contributed by atoms with Gasteiger partial charge in [-0.05, 0) is 42.5 Å². The van der Waals surface area contributed by atoms with Crippen molar-refractivity contribution in [2.75, 3.05) is 0 Å². The minimum absolute atomic E-state index is 0.826. The number of aryl methyl sites for hydroxylation is 2. The Bertz CT molecular complexity index is 345. The second-order valence-electron chi connectivity index (χ2n) is 3.31. The van der Waals surface area contributed by atoms with Gasteiger partial charge in [0.1, 0.15) is 0 Å². The Balaban J connectivity index is 0.000000293. The molecular formula is C11H12Cl2Zr. The van der Waals surface area contributed by atoms with E-state index in [0.29, 0.717) is 0 Å². The van der Waals surface area contributed by atoms with E-state index in [1.54, 1.807) is 0 Å². The van der Waals surface area contributed by atoms with Crippen molar-refractivity contribution in [2.45, 2.75) is 20.3 Å². The Kier molecular flexibility index (Phi) is 5.45. The molecule has 0 aliphatic heterocycles. The van der Waals surface area contributed by atoms with Crippen molar-refractivity contribution >= 4 is 23.1 Å². The van der Waals surface area contributed by atoms with Gasteiger partial charge in [-0.3, -0.25) is 0 Å². The average molecular weight is 306 g/mol. The second-order valence-corrected chi connectivity index (χ2v) is 7.04. The second kappa shape index (κ2) is 6.10. The van der Waals surface area contributed by atoms with Crippen molar-refractivity contribution in [1.29, 1.82) is 0 Å². The maximum absolute atomic E-state index is 4.93. The number of halogens is 2. The van der Waals surface area contributed by atoms with Crippen LogP contribution < -0.4 is 0 Å². The summed E-state index contributed by atoms with van der Waals surface area (Å²) < 4.78 is 0. The molecule has 0 saturated carbocycles. The molecular weight excluding hydrogens is 294 g/mol. The molecule has 74 valence electrons. The van der Waals surface area contributed by atoms with E-state index in [1.807, 2.05) is 0 Å². The number of rotatable bonds is 0. The number of benzene rings is 1. The topological polar surface area (TPSA) is 0 Å². The van der Waals surface area contributed by atoms with Crippen LogP contribution in [0.2, 0.25) is 0 Å². The van der Waals surface area contributed by atoms with Gasteiger partial charge in [0, 0.05) is 0 Å². The Hall–Kier alpha value is 0.423. The van der Waals surface area contributed by atoms with Gasteiger partial charge >= 0.3 is 37.9 Å². The Labute approximate surface area is 104 Å². The molecule has 0 N–H and O–H groups in total. The van der Waals surface area contributed by atoms with Crippen LogP contribution in [0.4, 0.5) is 0 Å². The van der Waals surface area contributed by atoms with E-state index in [4.69, 9.17) is 17.0 Å². The van der Waals surface area contributed by atoms with E-state index in [0.717, 1.165) is 6.42 Å². The van der Waals surface area contributed by atoms with Crippen LogP contribution in [0.5, 0.6) is 0 Å². The molecule has 0 fully saturated rings. The van der Waals surface area contributed by atoms with Crippen LogP contribution in [0.3, 0.4) is 0 Å². The first kappa shape index (κ1) is 12.5. The monoisotopic (exact) mass is 304 g/mol. The van der Waals surface area contributed by atoms with Crippen LogP contribution in [0.1, 0.15) is 22.3 Å². The van der Waals surface area contributed by atoms with Crippen LogP contribution in [-0.4, -0.2) is 0 Å². The zero-order valence-corrected chi connectivity index (χ0v) is 12.2. The molecule has 1 aliphatic carbocycles. The summed E-state index contributed by atoms with van der Waals surface area (Å²) in [4.78, 5) is 0. The van der Waals surface area contributed by atoms with Crippen LogP contribution in [0.15, 0.2) is 18.2 Å². The molecule has 0 unspecified atom stereocenters. The van der Waals surface area contributed by atoms with Crippen LogP contribution >= 0.6 is 17.0 Å². The normalized spacial score (nSPS) is 11.7. The van der Waals surface area contributed by atoms with Crippen molar-refractivity contribution < 1.29 is 20.8 Å². The SMILES string of the molecule is Cc1cc2c(cc1C)CC=C2.[Cl][Zr][Cl]. The standard InChI is InChI=1S/C11H12.2ClH.Zr/c1-8-6-10-4-3-5-11(10)7-9(8)2;;;/h3-4,6-7H,5H2,1-2H3;2*1H;/q;;;+2/p-2. The van der Waals surface area contributed by atoms with Gasteiger partial charge in [0.25, 0.3) is 0 Å². The van der Waals surface area contributed by atoms with Crippen LogP contribution in [0, 0.1) is 13.8 Å². The molecule has 0 saturated heterocycles. The van der Waals surface area contributed by atoms with Gasteiger partial charge in [-0.2, -0.15) is 0 Å². The van der Waals surface area contributed by atoms with Crippen molar-refractivity contribution in [3.05, 3.63) is 40.5 Å². The van der Waals surface area contributed by atoms with Gasteiger partial charge in [-0.25, -0.2) is 0 Å². The number of hydrogen-bond donors (Lipinski definition) is 0. The molecule has 0 aromatic heterocycles. The number of fused-ring (bicyclic) bond motifs is 1. The van der Waals surface area contributed by atoms with Gasteiger partial charge in [0.05, 0.1) is 0 Å². The first-order valence-electron chi connectivity index (χ1n) is 4.42. The predicted molar refractivity (Wildman–Crippen MR) is 60.4 cm³/mol. The van der Waals surface area contributed by atoms with Crippen molar-refractivity contribution in [3.63, 3.8) is 0 Å². The minimum atomic E-state index is -0.826. The van der Waals surface area contributed by atoms with Gasteiger partial charge < -0.3 is 0 Å². The summed E-state index contributed by atoms with van der Waals surface area (Å²) in [7, 11) is 9.87. The molecule has 0 radical (unpaired) electrons. The van der Waals surface area contributed by atoms with E-state index in [2.05, 4.69) is 38.1 Å². The summed E-state index contributed by atoms with van der Waals surface area (Å²) >= 11 is -0.826. The zero-order chi connectivity index (χ0) is 10.6. The van der Waals surface area contributed by atoms with Gasteiger partial charge in [0.15, 0.2) is 0 Å². The molecule has 2 rings (SSSR count). The zero-order valence-electron chi connectivity index (χ0n) is 8.27. The molecule has 0 heterocycles. The van der Waals surface area contributed by atoms with E-state index in [9.17, 15) is 0 Å². The molecule has 1 aromatic carbocycles. The van der Waals surface area contributed by atoms with Crippen LogP contribution in [0.25, 0.3) is 6.08 Å². The van der Waals surface area contributed by atoms with Crippen LogP contribution in [-0.2, 0) is 27.3 Å². The third kappa shape index (κ3) is 3.22. The first-order valence-corrected chi connectivity index (χ1v) is 10.7. The number of allylic oxidation sites excluding steroid dienone is 1. The molecule has 3 heteroatoms. The van der Waals surface area contributed by atoms with Crippen molar-refractivity contribution in [3.8, 4) is 0 Å². The Morgan fingerprint density at radius 2 is 1.71 bits per heavy atom. The summed E-state index contributed by atoms with van der Waals surface area (Å²) in [5.74, 6) is 0. The Morgan fingerprint density at radius 3 is 2.36 bits per heavy atom. The summed E-state index contributed by atoms with van der Waals surface area (Å²) in [6.07, 6.45) is 5.56. The summed E-state index contributed by atoms with van der Waals surface area (Å²) in [5, 5.41) is 0. The molecule has 1 aromatic rings. The van der Waals surface area contributed by atoms with Gasteiger partial charge in [-0.15, -0.1) is 0 Å². The van der Waals surface area contributed by atoms with E-state index >= 15 is 0 Å². The molecule has 0 atom stereocenters. The predicted octanol–water partition coefficient (Wildman–Crippen LogP) is 4.25. The van der Waals surface area contributed by atoms with E-state index in [1.165, 1.54) is 22.3 Å². The van der Waals surface area contributed by atoms with E-state index < -0.39 is 20.8 Å².